The molecule has 5 heteroatoms. The average Bonchev–Trinajstić information content (AvgIpc) is 2.96. The molecule has 0 aliphatic carbocycles. The van der Waals surface area contributed by atoms with Crippen molar-refractivity contribution >= 4 is 5.97 Å². The van der Waals surface area contributed by atoms with E-state index in [0.717, 1.165) is 6.54 Å². The third-order valence-corrected chi connectivity index (χ3v) is 3.76. The molecule has 0 saturated carbocycles. The Morgan fingerprint density at radius 2 is 2.32 bits per heavy atom. The first-order valence-corrected chi connectivity index (χ1v) is 6.69. The first-order chi connectivity index (χ1) is 8.93. The highest BCUT2D eigenvalue weighted by molar-refractivity contribution is 5.89. The minimum absolute atomic E-state index is 0.224. The van der Waals surface area contributed by atoms with Crippen molar-refractivity contribution in [3.05, 3.63) is 17.5 Å². The van der Waals surface area contributed by atoms with Crippen LogP contribution in [0.2, 0.25) is 0 Å². The number of methoxy groups -OCH3 is 1. The number of rotatable bonds is 3. The van der Waals surface area contributed by atoms with Gasteiger partial charge in [-0.25, -0.2) is 4.79 Å². The van der Waals surface area contributed by atoms with Gasteiger partial charge in [0, 0.05) is 6.04 Å². The minimum atomic E-state index is -0.386. The van der Waals surface area contributed by atoms with Crippen LogP contribution in [0.1, 0.15) is 49.7 Å². The zero-order chi connectivity index (χ0) is 14.0. The molecule has 0 amide bonds. The Morgan fingerprint density at radius 3 is 2.95 bits per heavy atom. The summed E-state index contributed by atoms with van der Waals surface area (Å²) in [5, 5.41) is 3.72. The summed E-state index contributed by atoms with van der Waals surface area (Å²) >= 11 is 0. The summed E-state index contributed by atoms with van der Waals surface area (Å²) in [4.78, 5) is 14.0. The fraction of sp³-hybridized carbons (Fsp3) is 0.714. The maximum atomic E-state index is 11.6. The van der Waals surface area contributed by atoms with Crippen molar-refractivity contribution < 1.29 is 14.1 Å². The van der Waals surface area contributed by atoms with Gasteiger partial charge < -0.3 is 9.26 Å². The zero-order valence-corrected chi connectivity index (χ0v) is 12.1. The Kier molecular flexibility index (Phi) is 3.94. The van der Waals surface area contributed by atoms with Crippen molar-refractivity contribution in [3.8, 4) is 0 Å². The van der Waals surface area contributed by atoms with Gasteiger partial charge in [0.05, 0.1) is 19.9 Å². The molecule has 0 N–H and O–H groups in total. The van der Waals surface area contributed by atoms with E-state index in [1.807, 2.05) is 0 Å². The molecule has 1 saturated heterocycles. The number of ether oxygens (including phenoxy) is 1. The molecule has 0 bridgehead atoms. The van der Waals surface area contributed by atoms with Gasteiger partial charge in [0.2, 0.25) is 0 Å². The molecule has 1 aliphatic heterocycles. The van der Waals surface area contributed by atoms with Crippen LogP contribution in [0.5, 0.6) is 0 Å². The van der Waals surface area contributed by atoms with Crippen LogP contribution in [-0.4, -0.2) is 35.7 Å². The third-order valence-electron chi connectivity index (χ3n) is 3.76. The van der Waals surface area contributed by atoms with Gasteiger partial charge in [-0.2, -0.15) is 0 Å². The second-order valence-corrected chi connectivity index (χ2v) is 6.15. The topological polar surface area (TPSA) is 55.6 Å². The highest BCUT2D eigenvalue weighted by Crippen LogP contribution is 2.33. The molecular weight excluding hydrogens is 244 g/mol. The summed E-state index contributed by atoms with van der Waals surface area (Å²) in [6.45, 7) is 8.39. The van der Waals surface area contributed by atoms with Crippen LogP contribution < -0.4 is 0 Å². The Hall–Kier alpha value is -1.36. The van der Waals surface area contributed by atoms with Crippen molar-refractivity contribution in [1.82, 2.24) is 10.1 Å². The van der Waals surface area contributed by atoms with E-state index >= 15 is 0 Å². The molecule has 1 aliphatic rings. The number of carbonyl (C=O) groups is 1. The molecule has 5 nitrogen and oxygen atoms in total. The lowest BCUT2D eigenvalue weighted by Gasteiger charge is -2.34. The van der Waals surface area contributed by atoms with Crippen molar-refractivity contribution in [2.75, 3.05) is 13.7 Å². The van der Waals surface area contributed by atoms with Crippen molar-refractivity contribution in [3.63, 3.8) is 0 Å². The van der Waals surface area contributed by atoms with Crippen LogP contribution in [0.25, 0.3) is 0 Å². The highest BCUT2D eigenvalue weighted by Gasteiger charge is 2.35. The molecule has 1 atom stereocenters. The van der Waals surface area contributed by atoms with Crippen LogP contribution >= 0.6 is 0 Å². The van der Waals surface area contributed by atoms with Crippen LogP contribution in [-0.2, 0) is 11.3 Å². The van der Waals surface area contributed by atoms with E-state index in [1.54, 1.807) is 0 Å². The maximum absolute atomic E-state index is 11.6. The largest absolute Gasteiger partial charge is 0.465 e. The molecular formula is C14H22N2O3. The SMILES string of the molecule is COC(=O)c1cnoc1CN1CCC[C@@H]1C(C)(C)C. The number of esters is 1. The van der Waals surface area contributed by atoms with E-state index in [0.29, 0.717) is 23.9 Å². The predicted molar refractivity (Wildman–Crippen MR) is 70.7 cm³/mol. The summed E-state index contributed by atoms with van der Waals surface area (Å²) in [6.07, 6.45) is 3.80. The summed E-state index contributed by atoms with van der Waals surface area (Å²) in [5.74, 6) is 0.214. The molecule has 0 unspecified atom stereocenters. The molecule has 0 radical (unpaired) electrons. The molecule has 2 heterocycles. The predicted octanol–water partition coefficient (Wildman–Crippen LogP) is 2.47. The third kappa shape index (κ3) is 2.97. The van der Waals surface area contributed by atoms with E-state index in [2.05, 4.69) is 30.8 Å². The Morgan fingerprint density at radius 1 is 1.58 bits per heavy atom. The summed E-state index contributed by atoms with van der Waals surface area (Å²) < 4.78 is 9.95. The first-order valence-electron chi connectivity index (χ1n) is 6.69. The number of nitrogens with zero attached hydrogens (tertiary/aromatic N) is 2. The molecule has 2 rings (SSSR count). The summed E-state index contributed by atoms with van der Waals surface area (Å²) in [6, 6.07) is 0.503. The molecule has 0 spiro atoms. The molecule has 19 heavy (non-hydrogen) atoms. The number of aromatic nitrogens is 1. The van der Waals surface area contributed by atoms with Crippen molar-refractivity contribution in [2.45, 2.75) is 46.2 Å². The molecule has 1 aromatic heterocycles. The lowest BCUT2D eigenvalue weighted by molar-refractivity contribution is 0.0594. The van der Waals surface area contributed by atoms with Gasteiger partial charge in [0.25, 0.3) is 0 Å². The molecule has 106 valence electrons. The molecule has 1 aromatic rings. The normalized spacial score (nSPS) is 20.7. The Labute approximate surface area is 113 Å². The van der Waals surface area contributed by atoms with Gasteiger partial charge in [-0.1, -0.05) is 25.9 Å². The fourth-order valence-electron chi connectivity index (χ4n) is 2.83. The summed E-state index contributed by atoms with van der Waals surface area (Å²) in [7, 11) is 1.37. The van der Waals surface area contributed by atoms with Crippen LogP contribution in [0, 0.1) is 5.41 Å². The number of hydrogen-bond acceptors (Lipinski definition) is 5. The fourth-order valence-corrected chi connectivity index (χ4v) is 2.83. The second-order valence-electron chi connectivity index (χ2n) is 6.15. The van der Waals surface area contributed by atoms with Crippen LogP contribution in [0.3, 0.4) is 0 Å². The summed E-state index contributed by atoms with van der Waals surface area (Å²) in [5.41, 5.74) is 0.657. The Balaban J connectivity index is 2.13. The average molecular weight is 266 g/mol. The quantitative estimate of drug-likeness (QED) is 0.787. The van der Waals surface area contributed by atoms with Gasteiger partial charge in [0.15, 0.2) is 5.76 Å². The lowest BCUT2D eigenvalue weighted by Crippen LogP contribution is -2.39. The monoisotopic (exact) mass is 266 g/mol. The number of hydrogen-bond donors (Lipinski definition) is 0. The standard InChI is InChI=1S/C14H22N2O3/c1-14(2,3)12-6-5-7-16(12)9-11-10(8-15-19-11)13(17)18-4/h8,12H,5-7,9H2,1-4H3/t12-/m1/s1. The highest BCUT2D eigenvalue weighted by atomic mass is 16.5. The van der Waals surface area contributed by atoms with E-state index in [9.17, 15) is 4.79 Å². The van der Waals surface area contributed by atoms with Gasteiger partial charge in [-0.15, -0.1) is 0 Å². The van der Waals surface area contributed by atoms with Gasteiger partial charge >= 0.3 is 5.97 Å². The molecule has 1 fully saturated rings. The van der Waals surface area contributed by atoms with Gasteiger partial charge in [-0.05, 0) is 24.8 Å². The minimum Gasteiger partial charge on any atom is -0.465 e. The van der Waals surface area contributed by atoms with Gasteiger partial charge in [-0.3, -0.25) is 4.90 Å². The van der Waals surface area contributed by atoms with Crippen LogP contribution in [0.4, 0.5) is 0 Å². The smallest absolute Gasteiger partial charge is 0.343 e. The zero-order valence-electron chi connectivity index (χ0n) is 12.1. The molecule has 0 aromatic carbocycles. The Bertz CT molecular complexity index is 448. The first kappa shape index (κ1) is 14.1. The van der Waals surface area contributed by atoms with Crippen molar-refractivity contribution in [1.29, 1.82) is 0 Å². The van der Waals surface area contributed by atoms with Crippen molar-refractivity contribution in [2.24, 2.45) is 5.41 Å². The van der Waals surface area contributed by atoms with Gasteiger partial charge in [0.1, 0.15) is 5.56 Å². The van der Waals surface area contributed by atoms with E-state index < -0.39 is 0 Å². The van der Waals surface area contributed by atoms with Crippen LogP contribution in [0.15, 0.2) is 10.7 Å². The van der Waals surface area contributed by atoms with E-state index in [4.69, 9.17) is 9.26 Å². The maximum Gasteiger partial charge on any atom is 0.343 e. The lowest BCUT2D eigenvalue weighted by atomic mass is 9.85. The number of likely N-dealkylation sites (tertiary alicyclic amines) is 1. The van der Waals surface area contributed by atoms with E-state index in [1.165, 1.54) is 26.1 Å². The second kappa shape index (κ2) is 5.33. The van der Waals surface area contributed by atoms with E-state index in [-0.39, 0.29) is 11.4 Å². The number of carbonyl (C=O) groups excluding carboxylic acids is 1.